The fourth-order valence-electron chi connectivity index (χ4n) is 2.22. The van der Waals surface area contributed by atoms with Crippen molar-refractivity contribution in [2.24, 2.45) is 5.92 Å². The van der Waals surface area contributed by atoms with E-state index in [1.807, 2.05) is 18.2 Å². The first-order valence-electron chi connectivity index (χ1n) is 7.73. The molecule has 118 valence electrons. The molecule has 1 aromatic rings. The van der Waals surface area contributed by atoms with Crippen LogP contribution >= 0.6 is 12.6 Å². The number of carboxylic acids is 1. The van der Waals surface area contributed by atoms with Crippen LogP contribution in [0.25, 0.3) is 0 Å². The zero-order valence-electron chi connectivity index (χ0n) is 12.8. The van der Waals surface area contributed by atoms with Crippen LogP contribution in [0, 0.1) is 5.92 Å². The molecule has 0 saturated heterocycles. The van der Waals surface area contributed by atoms with Gasteiger partial charge in [-0.1, -0.05) is 38.0 Å². The average molecular weight is 310 g/mol. The summed E-state index contributed by atoms with van der Waals surface area (Å²) >= 11 is 4.07. The second-order valence-corrected chi connectivity index (χ2v) is 5.64. The lowest BCUT2D eigenvalue weighted by Crippen LogP contribution is -2.16. The molecule has 0 fully saturated rings. The van der Waals surface area contributed by atoms with Crippen LogP contribution in [0.2, 0.25) is 0 Å². The van der Waals surface area contributed by atoms with Crippen LogP contribution in [0.3, 0.4) is 0 Å². The SMILES string of the molecule is CCCCCc1ccccc1OCCC[C@H](CS)C(=O)O. The molecule has 0 heterocycles. The third-order valence-corrected chi connectivity index (χ3v) is 3.99. The van der Waals surface area contributed by atoms with Gasteiger partial charge in [0.25, 0.3) is 0 Å². The van der Waals surface area contributed by atoms with Gasteiger partial charge in [0.2, 0.25) is 0 Å². The maximum atomic E-state index is 10.9. The number of aliphatic carboxylic acids is 1. The molecule has 4 heteroatoms. The van der Waals surface area contributed by atoms with Crippen molar-refractivity contribution >= 4 is 18.6 Å². The van der Waals surface area contributed by atoms with Crippen molar-refractivity contribution in [3.05, 3.63) is 29.8 Å². The molecule has 0 unspecified atom stereocenters. The van der Waals surface area contributed by atoms with Crippen molar-refractivity contribution in [2.75, 3.05) is 12.4 Å². The van der Waals surface area contributed by atoms with Crippen molar-refractivity contribution in [2.45, 2.75) is 45.4 Å². The minimum Gasteiger partial charge on any atom is -0.493 e. The van der Waals surface area contributed by atoms with Crippen LogP contribution in [0.15, 0.2) is 24.3 Å². The second kappa shape index (κ2) is 10.6. The number of hydrogen-bond donors (Lipinski definition) is 2. The van der Waals surface area contributed by atoms with Gasteiger partial charge < -0.3 is 9.84 Å². The number of aryl methyl sites for hydroxylation is 1. The third kappa shape index (κ3) is 6.89. The highest BCUT2D eigenvalue weighted by Crippen LogP contribution is 2.21. The number of hydrogen-bond acceptors (Lipinski definition) is 3. The third-order valence-electron chi connectivity index (χ3n) is 3.55. The summed E-state index contributed by atoms with van der Waals surface area (Å²) in [6, 6.07) is 8.12. The Balaban J connectivity index is 2.39. The van der Waals surface area contributed by atoms with Crippen LogP contribution in [0.4, 0.5) is 0 Å². The number of rotatable bonds is 11. The minimum atomic E-state index is -0.773. The highest BCUT2D eigenvalue weighted by Gasteiger charge is 2.14. The van der Waals surface area contributed by atoms with Crippen molar-refractivity contribution in [3.63, 3.8) is 0 Å². The van der Waals surface area contributed by atoms with E-state index in [2.05, 4.69) is 25.6 Å². The molecule has 0 radical (unpaired) electrons. The Morgan fingerprint density at radius 3 is 2.71 bits per heavy atom. The Labute approximate surface area is 133 Å². The molecular formula is C17H26O3S. The molecule has 0 aliphatic heterocycles. The van der Waals surface area contributed by atoms with E-state index in [1.54, 1.807) is 0 Å². The van der Waals surface area contributed by atoms with Crippen molar-refractivity contribution in [3.8, 4) is 5.75 Å². The zero-order valence-corrected chi connectivity index (χ0v) is 13.6. The van der Waals surface area contributed by atoms with Gasteiger partial charge in [0.05, 0.1) is 12.5 Å². The molecular weight excluding hydrogens is 284 g/mol. The maximum Gasteiger partial charge on any atom is 0.307 e. The number of ether oxygens (including phenoxy) is 1. The summed E-state index contributed by atoms with van der Waals surface area (Å²) in [7, 11) is 0. The van der Waals surface area contributed by atoms with Gasteiger partial charge in [-0.3, -0.25) is 4.79 Å². The number of carboxylic acid groups (broad SMARTS) is 1. The first kappa shape index (κ1) is 17.9. The van der Waals surface area contributed by atoms with E-state index in [4.69, 9.17) is 9.84 Å². The Morgan fingerprint density at radius 1 is 1.29 bits per heavy atom. The van der Waals surface area contributed by atoms with Gasteiger partial charge in [0.1, 0.15) is 5.75 Å². The minimum absolute atomic E-state index is 0.378. The van der Waals surface area contributed by atoms with Crippen LogP contribution in [0.1, 0.15) is 44.6 Å². The fourth-order valence-corrected chi connectivity index (χ4v) is 2.56. The molecule has 0 aromatic heterocycles. The quantitative estimate of drug-likeness (QED) is 0.475. The van der Waals surface area contributed by atoms with Crippen LogP contribution in [0.5, 0.6) is 5.75 Å². The standard InChI is InChI=1S/C17H26O3S/c1-2-3-4-8-14-9-5-6-11-16(14)20-12-7-10-15(13-21)17(18)19/h5-6,9,11,15,21H,2-4,7-8,10,12-13H2,1H3,(H,18,19)/t15-/m1/s1. The lowest BCUT2D eigenvalue weighted by Gasteiger charge is -2.13. The van der Waals surface area contributed by atoms with E-state index >= 15 is 0 Å². The van der Waals surface area contributed by atoms with Crippen LogP contribution in [-0.4, -0.2) is 23.4 Å². The largest absolute Gasteiger partial charge is 0.493 e. The number of benzene rings is 1. The molecule has 3 nitrogen and oxygen atoms in total. The molecule has 1 aromatic carbocycles. The van der Waals surface area contributed by atoms with E-state index in [1.165, 1.54) is 24.8 Å². The van der Waals surface area contributed by atoms with E-state index in [-0.39, 0.29) is 5.92 Å². The van der Waals surface area contributed by atoms with Gasteiger partial charge in [-0.25, -0.2) is 0 Å². The highest BCUT2D eigenvalue weighted by molar-refractivity contribution is 7.80. The van der Waals surface area contributed by atoms with Gasteiger partial charge in [-0.2, -0.15) is 12.6 Å². The van der Waals surface area contributed by atoms with Gasteiger partial charge in [0, 0.05) is 5.75 Å². The molecule has 0 saturated carbocycles. The molecule has 1 atom stereocenters. The second-order valence-electron chi connectivity index (χ2n) is 5.27. The smallest absolute Gasteiger partial charge is 0.307 e. The normalized spacial score (nSPS) is 12.1. The lowest BCUT2D eigenvalue weighted by molar-refractivity contribution is -0.141. The Bertz CT molecular complexity index is 420. The van der Waals surface area contributed by atoms with Crippen LogP contribution in [-0.2, 0) is 11.2 Å². The van der Waals surface area contributed by atoms with Crippen molar-refractivity contribution in [1.29, 1.82) is 0 Å². The summed E-state index contributed by atoms with van der Waals surface area (Å²) in [4.78, 5) is 10.9. The monoisotopic (exact) mass is 310 g/mol. The predicted octanol–water partition coefficient (Wildman–Crippen LogP) is 4.21. The number of carbonyl (C=O) groups is 1. The Hall–Kier alpha value is -1.16. The molecule has 21 heavy (non-hydrogen) atoms. The zero-order chi connectivity index (χ0) is 15.5. The van der Waals surface area contributed by atoms with E-state index in [0.717, 1.165) is 18.6 Å². The summed E-state index contributed by atoms with van der Waals surface area (Å²) in [5, 5.41) is 8.96. The lowest BCUT2D eigenvalue weighted by atomic mass is 10.1. The number of thiol groups is 1. The topological polar surface area (TPSA) is 46.5 Å². The maximum absolute atomic E-state index is 10.9. The first-order chi connectivity index (χ1) is 10.2. The van der Waals surface area contributed by atoms with Gasteiger partial charge in [-0.15, -0.1) is 0 Å². The Kier molecular flexibility index (Phi) is 8.99. The summed E-state index contributed by atoms with van der Waals surface area (Å²) in [5.74, 6) is 0.163. The molecule has 0 aliphatic carbocycles. The van der Waals surface area contributed by atoms with Crippen LogP contribution < -0.4 is 4.74 Å². The van der Waals surface area contributed by atoms with E-state index in [9.17, 15) is 4.79 Å². The summed E-state index contributed by atoms with van der Waals surface area (Å²) in [5.41, 5.74) is 1.25. The average Bonchev–Trinajstić information content (AvgIpc) is 2.48. The highest BCUT2D eigenvalue weighted by atomic mass is 32.1. The van der Waals surface area contributed by atoms with Crippen molar-refractivity contribution in [1.82, 2.24) is 0 Å². The molecule has 1 rings (SSSR count). The molecule has 0 aliphatic rings. The summed E-state index contributed by atoms with van der Waals surface area (Å²) in [6.45, 7) is 2.76. The molecule has 0 bridgehead atoms. The molecule has 0 amide bonds. The van der Waals surface area contributed by atoms with E-state index < -0.39 is 5.97 Å². The Morgan fingerprint density at radius 2 is 2.05 bits per heavy atom. The number of unbranched alkanes of at least 4 members (excludes halogenated alkanes) is 2. The van der Waals surface area contributed by atoms with Gasteiger partial charge >= 0.3 is 5.97 Å². The first-order valence-corrected chi connectivity index (χ1v) is 8.36. The fraction of sp³-hybridized carbons (Fsp3) is 0.588. The van der Waals surface area contributed by atoms with Crippen molar-refractivity contribution < 1.29 is 14.6 Å². The van der Waals surface area contributed by atoms with E-state index in [0.29, 0.717) is 18.8 Å². The predicted molar refractivity (Wildman–Crippen MR) is 89.4 cm³/mol. The number of para-hydroxylation sites is 1. The summed E-state index contributed by atoms with van der Waals surface area (Å²) < 4.78 is 5.82. The summed E-state index contributed by atoms with van der Waals surface area (Å²) in [6.07, 6.45) is 6.01. The molecule has 1 N–H and O–H groups in total. The molecule has 0 spiro atoms. The van der Waals surface area contributed by atoms with Gasteiger partial charge in [-0.05, 0) is 37.3 Å². The van der Waals surface area contributed by atoms with Gasteiger partial charge in [0.15, 0.2) is 0 Å².